The molecular formula is C16H28N4O. The normalized spacial score (nSPS) is 23.0. The van der Waals surface area contributed by atoms with Gasteiger partial charge in [0.1, 0.15) is 11.9 Å². The Labute approximate surface area is 127 Å². The summed E-state index contributed by atoms with van der Waals surface area (Å²) in [5.74, 6) is 8.38. The lowest BCUT2D eigenvalue weighted by Gasteiger charge is -2.28. The molecule has 0 radical (unpaired) electrons. The van der Waals surface area contributed by atoms with Crippen molar-refractivity contribution >= 4 is 5.82 Å². The SMILES string of the molecule is Cc1c(NN)nc(C(C)(C)C)nc1OC1CCCC(C)C1. The molecule has 0 aromatic carbocycles. The Hall–Kier alpha value is -1.36. The van der Waals surface area contributed by atoms with Crippen molar-refractivity contribution in [3.8, 4) is 5.88 Å². The molecule has 21 heavy (non-hydrogen) atoms. The van der Waals surface area contributed by atoms with Gasteiger partial charge < -0.3 is 10.2 Å². The van der Waals surface area contributed by atoms with Gasteiger partial charge in [0.25, 0.3) is 0 Å². The highest BCUT2D eigenvalue weighted by Crippen LogP contribution is 2.31. The van der Waals surface area contributed by atoms with Crippen LogP contribution in [0.1, 0.15) is 64.8 Å². The average Bonchev–Trinajstić information content (AvgIpc) is 2.40. The van der Waals surface area contributed by atoms with E-state index in [9.17, 15) is 0 Å². The quantitative estimate of drug-likeness (QED) is 0.660. The maximum atomic E-state index is 6.19. The van der Waals surface area contributed by atoms with E-state index in [0.717, 1.165) is 30.1 Å². The summed E-state index contributed by atoms with van der Waals surface area (Å²) < 4.78 is 6.19. The maximum absolute atomic E-state index is 6.19. The van der Waals surface area contributed by atoms with Gasteiger partial charge in [0.05, 0.1) is 5.56 Å². The summed E-state index contributed by atoms with van der Waals surface area (Å²) in [4.78, 5) is 9.15. The summed E-state index contributed by atoms with van der Waals surface area (Å²) in [7, 11) is 0. The van der Waals surface area contributed by atoms with Crippen molar-refractivity contribution in [2.75, 3.05) is 5.43 Å². The van der Waals surface area contributed by atoms with Crippen LogP contribution in [0.25, 0.3) is 0 Å². The van der Waals surface area contributed by atoms with E-state index in [1.54, 1.807) is 0 Å². The minimum Gasteiger partial charge on any atom is -0.474 e. The van der Waals surface area contributed by atoms with Crippen LogP contribution in [0, 0.1) is 12.8 Å². The van der Waals surface area contributed by atoms with Crippen molar-refractivity contribution in [1.29, 1.82) is 0 Å². The van der Waals surface area contributed by atoms with E-state index < -0.39 is 0 Å². The van der Waals surface area contributed by atoms with Gasteiger partial charge in [-0.25, -0.2) is 10.8 Å². The molecule has 1 heterocycles. The number of nitrogens with two attached hydrogens (primary N) is 1. The van der Waals surface area contributed by atoms with Gasteiger partial charge >= 0.3 is 0 Å². The molecular weight excluding hydrogens is 264 g/mol. The molecule has 0 bridgehead atoms. The van der Waals surface area contributed by atoms with Crippen molar-refractivity contribution in [2.45, 2.75) is 71.8 Å². The van der Waals surface area contributed by atoms with Crippen LogP contribution in [0.3, 0.4) is 0 Å². The Morgan fingerprint density at radius 3 is 2.52 bits per heavy atom. The lowest BCUT2D eigenvalue weighted by Crippen LogP contribution is -2.26. The van der Waals surface area contributed by atoms with E-state index >= 15 is 0 Å². The minimum absolute atomic E-state index is 0.142. The number of hydrogen-bond acceptors (Lipinski definition) is 5. The first-order valence-electron chi connectivity index (χ1n) is 7.83. The lowest BCUT2D eigenvalue weighted by molar-refractivity contribution is 0.122. The van der Waals surface area contributed by atoms with Gasteiger partial charge in [-0.3, -0.25) is 0 Å². The van der Waals surface area contributed by atoms with Crippen molar-refractivity contribution in [1.82, 2.24) is 9.97 Å². The van der Waals surface area contributed by atoms with Crippen LogP contribution in [0.4, 0.5) is 5.82 Å². The third-order valence-corrected chi connectivity index (χ3v) is 4.08. The second-order valence-corrected chi connectivity index (χ2v) is 7.23. The van der Waals surface area contributed by atoms with E-state index in [2.05, 4.69) is 43.1 Å². The van der Waals surface area contributed by atoms with Gasteiger partial charge in [0.2, 0.25) is 5.88 Å². The fourth-order valence-corrected chi connectivity index (χ4v) is 2.73. The van der Waals surface area contributed by atoms with E-state index in [1.165, 1.54) is 12.8 Å². The van der Waals surface area contributed by atoms with Crippen molar-refractivity contribution in [2.24, 2.45) is 11.8 Å². The third kappa shape index (κ3) is 3.84. The molecule has 1 saturated carbocycles. The lowest BCUT2D eigenvalue weighted by atomic mass is 9.89. The molecule has 0 amide bonds. The number of nitrogen functional groups attached to an aromatic ring is 1. The first-order chi connectivity index (χ1) is 9.81. The highest BCUT2D eigenvalue weighted by molar-refractivity contribution is 5.48. The van der Waals surface area contributed by atoms with E-state index in [-0.39, 0.29) is 11.5 Å². The monoisotopic (exact) mass is 292 g/mol. The average molecular weight is 292 g/mol. The summed E-state index contributed by atoms with van der Waals surface area (Å²) >= 11 is 0. The molecule has 118 valence electrons. The van der Waals surface area contributed by atoms with Crippen LogP contribution in [0.15, 0.2) is 0 Å². The summed E-state index contributed by atoms with van der Waals surface area (Å²) in [5.41, 5.74) is 3.40. The standard InChI is InChI=1S/C16H28N4O/c1-10-7-6-8-12(9-10)21-14-11(2)13(20-17)18-15(19-14)16(3,4)5/h10,12H,6-9,17H2,1-5H3,(H,18,19,20). The molecule has 1 aliphatic rings. The second kappa shape index (κ2) is 6.18. The molecule has 1 aromatic rings. The second-order valence-electron chi connectivity index (χ2n) is 7.23. The van der Waals surface area contributed by atoms with Gasteiger partial charge in [0.15, 0.2) is 5.82 Å². The Balaban J connectivity index is 2.29. The summed E-state index contributed by atoms with van der Waals surface area (Å²) in [6.07, 6.45) is 4.97. The van der Waals surface area contributed by atoms with Crippen LogP contribution in [-0.4, -0.2) is 16.1 Å². The molecule has 5 nitrogen and oxygen atoms in total. The first kappa shape index (κ1) is 16.0. The Morgan fingerprint density at radius 1 is 1.24 bits per heavy atom. The number of aromatic nitrogens is 2. The number of rotatable bonds is 3. The van der Waals surface area contributed by atoms with Gasteiger partial charge in [0, 0.05) is 5.41 Å². The smallest absolute Gasteiger partial charge is 0.222 e. The van der Waals surface area contributed by atoms with Crippen LogP contribution in [0.2, 0.25) is 0 Å². The van der Waals surface area contributed by atoms with Crippen molar-refractivity contribution < 1.29 is 4.74 Å². The molecule has 1 fully saturated rings. The number of nitrogens with zero attached hydrogens (tertiary/aromatic N) is 2. The number of anilines is 1. The zero-order valence-electron chi connectivity index (χ0n) is 13.9. The molecule has 0 spiro atoms. The fourth-order valence-electron chi connectivity index (χ4n) is 2.73. The molecule has 0 saturated heterocycles. The van der Waals surface area contributed by atoms with Gasteiger partial charge in [-0.05, 0) is 32.1 Å². The molecule has 5 heteroatoms. The van der Waals surface area contributed by atoms with Gasteiger partial charge in [-0.15, -0.1) is 0 Å². The zero-order valence-corrected chi connectivity index (χ0v) is 13.9. The Kier molecular flexibility index (Phi) is 4.71. The minimum atomic E-state index is -0.142. The van der Waals surface area contributed by atoms with Gasteiger partial charge in [-0.2, -0.15) is 4.98 Å². The summed E-state index contributed by atoms with van der Waals surface area (Å²) in [5, 5.41) is 0. The predicted molar refractivity (Wildman–Crippen MR) is 85.3 cm³/mol. The van der Waals surface area contributed by atoms with Gasteiger partial charge in [-0.1, -0.05) is 34.1 Å². The molecule has 2 unspecified atom stereocenters. The molecule has 1 aliphatic carbocycles. The Bertz CT molecular complexity index is 496. The molecule has 1 aromatic heterocycles. The van der Waals surface area contributed by atoms with E-state index in [0.29, 0.717) is 11.7 Å². The number of hydrogen-bond donors (Lipinski definition) is 2. The number of ether oxygens (including phenoxy) is 1. The van der Waals surface area contributed by atoms with Crippen LogP contribution in [0.5, 0.6) is 5.88 Å². The molecule has 3 N–H and O–H groups in total. The van der Waals surface area contributed by atoms with Crippen LogP contribution >= 0.6 is 0 Å². The zero-order chi connectivity index (χ0) is 15.6. The van der Waals surface area contributed by atoms with Crippen LogP contribution in [-0.2, 0) is 5.41 Å². The summed E-state index contributed by atoms with van der Waals surface area (Å²) in [6.45, 7) is 10.5. The largest absolute Gasteiger partial charge is 0.474 e. The van der Waals surface area contributed by atoms with Crippen molar-refractivity contribution in [3.63, 3.8) is 0 Å². The molecule has 2 atom stereocenters. The van der Waals surface area contributed by atoms with Crippen molar-refractivity contribution in [3.05, 3.63) is 11.4 Å². The highest BCUT2D eigenvalue weighted by Gasteiger charge is 2.25. The topological polar surface area (TPSA) is 73.1 Å². The number of nitrogens with one attached hydrogen (secondary N) is 1. The van der Waals surface area contributed by atoms with E-state index in [4.69, 9.17) is 10.6 Å². The third-order valence-electron chi connectivity index (χ3n) is 4.08. The molecule has 0 aliphatic heterocycles. The Morgan fingerprint density at radius 2 is 1.95 bits per heavy atom. The van der Waals surface area contributed by atoms with Crippen LogP contribution < -0.4 is 16.0 Å². The molecule has 2 rings (SSSR count). The van der Waals surface area contributed by atoms with E-state index in [1.807, 2.05) is 6.92 Å². The highest BCUT2D eigenvalue weighted by atomic mass is 16.5. The first-order valence-corrected chi connectivity index (χ1v) is 7.83. The predicted octanol–water partition coefficient (Wildman–Crippen LogP) is 3.33. The number of hydrazine groups is 1. The fraction of sp³-hybridized carbons (Fsp3) is 0.750. The maximum Gasteiger partial charge on any atom is 0.222 e. The summed E-state index contributed by atoms with van der Waals surface area (Å²) in [6, 6.07) is 0.